The largest absolute Gasteiger partial charge is 0.465 e. The summed E-state index contributed by atoms with van der Waals surface area (Å²) in [6.45, 7) is 0. The van der Waals surface area contributed by atoms with E-state index in [-0.39, 0.29) is 5.97 Å². The Morgan fingerprint density at radius 1 is 1.47 bits per heavy atom. The summed E-state index contributed by atoms with van der Waals surface area (Å²) in [5.74, 6) is -0.330. The number of thiophene rings is 1. The number of esters is 1. The predicted octanol–water partition coefficient (Wildman–Crippen LogP) is 3.01. The van der Waals surface area contributed by atoms with Crippen LogP contribution in [0.5, 0.6) is 0 Å². The summed E-state index contributed by atoms with van der Waals surface area (Å²) in [4.78, 5) is 16.3. The molecular formula is C12H8BrN3O2S. The van der Waals surface area contributed by atoms with Gasteiger partial charge in [0.05, 0.1) is 17.8 Å². The van der Waals surface area contributed by atoms with Crippen molar-refractivity contribution in [2.24, 2.45) is 0 Å². The van der Waals surface area contributed by atoms with Crippen LogP contribution in [-0.2, 0) is 4.74 Å². The van der Waals surface area contributed by atoms with Crippen molar-refractivity contribution in [2.45, 2.75) is 0 Å². The Hall–Kier alpha value is -1.73. The van der Waals surface area contributed by atoms with Crippen LogP contribution in [-0.4, -0.2) is 27.7 Å². The van der Waals surface area contributed by atoms with Crippen molar-refractivity contribution in [2.75, 3.05) is 7.11 Å². The van der Waals surface area contributed by atoms with Gasteiger partial charge in [0.2, 0.25) is 0 Å². The monoisotopic (exact) mass is 337 g/mol. The van der Waals surface area contributed by atoms with Crippen molar-refractivity contribution in [3.05, 3.63) is 39.4 Å². The molecule has 0 bridgehead atoms. The maximum Gasteiger partial charge on any atom is 0.348 e. The molecule has 0 aromatic carbocycles. The fraction of sp³-hybridized carbons (Fsp3) is 0.0833. The summed E-state index contributed by atoms with van der Waals surface area (Å²) >= 11 is 4.69. The number of aromatic nitrogens is 3. The first-order valence-corrected chi connectivity index (χ1v) is 7.02. The highest BCUT2D eigenvalue weighted by molar-refractivity contribution is 9.10. The first-order chi connectivity index (χ1) is 9.19. The van der Waals surface area contributed by atoms with E-state index in [0.29, 0.717) is 4.88 Å². The molecule has 0 spiro atoms. The number of ether oxygens (including phenoxy) is 1. The predicted molar refractivity (Wildman–Crippen MR) is 75.3 cm³/mol. The molecule has 0 unspecified atom stereocenters. The van der Waals surface area contributed by atoms with Gasteiger partial charge in [-0.15, -0.1) is 11.3 Å². The molecule has 7 heteroatoms. The van der Waals surface area contributed by atoms with E-state index in [1.54, 1.807) is 23.0 Å². The molecule has 0 amide bonds. The summed E-state index contributed by atoms with van der Waals surface area (Å²) in [6, 6.07) is 1.79. The van der Waals surface area contributed by atoms with Crippen molar-refractivity contribution < 1.29 is 9.53 Å². The zero-order valence-corrected chi connectivity index (χ0v) is 12.2. The van der Waals surface area contributed by atoms with Crippen molar-refractivity contribution in [1.82, 2.24) is 14.6 Å². The Morgan fingerprint density at radius 3 is 3.11 bits per heavy atom. The summed E-state index contributed by atoms with van der Waals surface area (Å²) in [5, 5.41) is 6.14. The van der Waals surface area contributed by atoms with Gasteiger partial charge in [-0.05, 0) is 32.9 Å². The average Bonchev–Trinajstić information content (AvgIpc) is 3.03. The normalized spacial score (nSPS) is 10.8. The Bertz CT molecular complexity index is 765. The van der Waals surface area contributed by atoms with Crippen molar-refractivity contribution in [1.29, 1.82) is 0 Å². The molecule has 96 valence electrons. The molecule has 3 rings (SSSR count). The minimum Gasteiger partial charge on any atom is -0.465 e. The van der Waals surface area contributed by atoms with Crippen LogP contribution in [0.1, 0.15) is 9.67 Å². The van der Waals surface area contributed by atoms with Gasteiger partial charge in [0.25, 0.3) is 0 Å². The van der Waals surface area contributed by atoms with Crippen molar-refractivity contribution in [3.63, 3.8) is 0 Å². The number of carbonyl (C=O) groups excluding carboxylic acids is 1. The molecule has 0 aliphatic carbocycles. The third kappa shape index (κ3) is 2.15. The lowest BCUT2D eigenvalue weighted by Crippen LogP contribution is -1.96. The molecule has 0 saturated heterocycles. The number of fused-ring (bicyclic) bond motifs is 1. The number of methoxy groups -OCH3 is 1. The summed E-state index contributed by atoms with van der Waals surface area (Å²) < 4.78 is 7.25. The topological polar surface area (TPSA) is 56.5 Å². The lowest BCUT2D eigenvalue weighted by atomic mass is 10.2. The number of hydrogen-bond acceptors (Lipinski definition) is 5. The van der Waals surface area contributed by atoms with Crippen LogP contribution in [0.4, 0.5) is 0 Å². The van der Waals surface area contributed by atoms with Gasteiger partial charge in [-0.25, -0.2) is 14.3 Å². The Balaban J connectivity index is 2.09. The molecule has 0 aliphatic heterocycles. The molecule has 0 aliphatic rings. The first kappa shape index (κ1) is 12.3. The van der Waals surface area contributed by atoms with Crippen LogP contribution >= 0.6 is 27.3 Å². The standard InChI is InChI=1S/C12H8BrN3O2S/c1-18-12(17)10-2-7(6-19-10)9-4-15-16-5-8(13)3-14-11(9)16/h2-6H,1H3. The molecule has 19 heavy (non-hydrogen) atoms. The van der Waals surface area contributed by atoms with Crippen molar-refractivity contribution in [3.8, 4) is 11.1 Å². The van der Waals surface area contributed by atoms with Gasteiger partial charge in [-0.2, -0.15) is 5.10 Å². The van der Waals surface area contributed by atoms with E-state index in [9.17, 15) is 4.79 Å². The van der Waals surface area contributed by atoms with E-state index in [0.717, 1.165) is 21.2 Å². The number of nitrogens with zero attached hydrogens (tertiary/aromatic N) is 3. The second-order valence-corrected chi connectivity index (χ2v) is 5.62. The smallest absolute Gasteiger partial charge is 0.348 e. The van der Waals surface area contributed by atoms with Gasteiger partial charge >= 0.3 is 5.97 Å². The highest BCUT2D eigenvalue weighted by Gasteiger charge is 2.13. The fourth-order valence-corrected chi connectivity index (χ4v) is 2.86. The fourth-order valence-electron chi connectivity index (χ4n) is 1.74. The van der Waals surface area contributed by atoms with E-state index in [2.05, 4.69) is 26.0 Å². The number of carbonyl (C=O) groups is 1. The highest BCUT2D eigenvalue weighted by atomic mass is 79.9. The van der Waals surface area contributed by atoms with Gasteiger partial charge in [0.1, 0.15) is 4.88 Å². The lowest BCUT2D eigenvalue weighted by Gasteiger charge is -1.96. The van der Waals surface area contributed by atoms with Crippen LogP contribution in [0.25, 0.3) is 16.8 Å². The van der Waals surface area contributed by atoms with Crippen LogP contribution in [0.3, 0.4) is 0 Å². The quantitative estimate of drug-likeness (QED) is 0.674. The van der Waals surface area contributed by atoms with Crippen molar-refractivity contribution >= 4 is 38.9 Å². The van der Waals surface area contributed by atoms with E-state index >= 15 is 0 Å². The second-order valence-electron chi connectivity index (χ2n) is 3.79. The minimum atomic E-state index is -0.330. The summed E-state index contributed by atoms with van der Waals surface area (Å²) in [6.07, 6.45) is 5.28. The zero-order chi connectivity index (χ0) is 13.4. The van der Waals surface area contributed by atoms with Crippen LogP contribution < -0.4 is 0 Å². The van der Waals surface area contributed by atoms with Gasteiger partial charge in [-0.3, -0.25) is 0 Å². The van der Waals surface area contributed by atoms with E-state index in [1.807, 2.05) is 11.6 Å². The van der Waals surface area contributed by atoms with Gasteiger partial charge < -0.3 is 4.74 Å². The first-order valence-electron chi connectivity index (χ1n) is 5.35. The number of rotatable bonds is 2. The maximum absolute atomic E-state index is 11.5. The molecule has 0 saturated carbocycles. The lowest BCUT2D eigenvalue weighted by molar-refractivity contribution is 0.0606. The molecule has 0 radical (unpaired) electrons. The number of hydrogen-bond donors (Lipinski definition) is 0. The minimum absolute atomic E-state index is 0.330. The molecule has 3 aromatic rings. The Labute approximate surface area is 121 Å². The van der Waals surface area contributed by atoms with Crippen LogP contribution in [0.2, 0.25) is 0 Å². The third-order valence-electron chi connectivity index (χ3n) is 2.62. The average molecular weight is 338 g/mol. The van der Waals surface area contributed by atoms with E-state index in [4.69, 9.17) is 4.74 Å². The zero-order valence-electron chi connectivity index (χ0n) is 9.83. The Kier molecular flexibility index (Phi) is 3.08. The van der Waals surface area contributed by atoms with E-state index < -0.39 is 0 Å². The highest BCUT2D eigenvalue weighted by Crippen LogP contribution is 2.28. The molecule has 3 heterocycles. The summed E-state index contributed by atoms with van der Waals surface area (Å²) in [5.41, 5.74) is 2.55. The van der Waals surface area contributed by atoms with Gasteiger partial charge in [0.15, 0.2) is 5.65 Å². The Morgan fingerprint density at radius 2 is 2.32 bits per heavy atom. The third-order valence-corrected chi connectivity index (χ3v) is 3.94. The maximum atomic E-state index is 11.5. The van der Waals surface area contributed by atoms with Crippen LogP contribution in [0, 0.1) is 0 Å². The molecule has 0 N–H and O–H groups in total. The van der Waals surface area contributed by atoms with Gasteiger partial charge in [-0.1, -0.05) is 0 Å². The summed E-state index contributed by atoms with van der Waals surface area (Å²) in [7, 11) is 1.37. The number of halogens is 1. The molecule has 0 fully saturated rings. The molecule has 0 atom stereocenters. The molecular weight excluding hydrogens is 330 g/mol. The molecule has 3 aromatic heterocycles. The van der Waals surface area contributed by atoms with E-state index in [1.165, 1.54) is 18.4 Å². The molecule has 5 nitrogen and oxygen atoms in total. The SMILES string of the molecule is COC(=O)c1cc(-c2cnn3cc(Br)cnc23)cs1. The second kappa shape index (κ2) is 4.75. The van der Waals surface area contributed by atoms with Crippen LogP contribution in [0.15, 0.2) is 34.5 Å². The van der Waals surface area contributed by atoms with Gasteiger partial charge in [0, 0.05) is 18.0 Å².